The molecule has 0 saturated heterocycles. The molecule has 6 rings (SSSR count). The molecule has 0 spiro atoms. The predicted molar refractivity (Wildman–Crippen MR) is 166 cm³/mol. The molecule has 0 radical (unpaired) electrons. The average Bonchev–Trinajstić information content (AvgIpc) is 3.29. The first-order valence-electron chi connectivity index (χ1n) is 12.7. The summed E-state index contributed by atoms with van der Waals surface area (Å²) in [6, 6.07) is 31.5. The number of thiazole rings is 1. The molecule has 0 bridgehead atoms. The van der Waals surface area contributed by atoms with Gasteiger partial charge in [-0.25, -0.2) is 0 Å². The highest BCUT2D eigenvalue weighted by atomic mass is 32.1. The lowest BCUT2D eigenvalue weighted by atomic mass is 9.99. The van der Waals surface area contributed by atoms with Crippen molar-refractivity contribution >= 4 is 51.5 Å². The van der Waals surface area contributed by atoms with E-state index >= 15 is 0 Å². The second kappa shape index (κ2) is 10.6. The van der Waals surface area contributed by atoms with Crippen molar-refractivity contribution in [1.82, 2.24) is 0 Å². The normalized spacial score (nSPS) is 13.9. The Bertz CT molecular complexity index is 1720. The average molecular weight is 550 g/mol. The van der Waals surface area contributed by atoms with E-state index in [2.05, 4.69) is 95.4 Å². The smallest absolute Gasteiger partial charge is 0.263 e. The number of fused-ring (bicyclic) bond motifs is 2. The molecule has 1 aromatic heterocycles. The largest absolute Gasteiger partial charge is 0.496 e. The van der Waals surface area contributed by atoms with E-state index < -0.39 is 0 Å². The van der Waals surface area contributed by atoms with Gasteiger partial charge in [-0.2, -0.15) is 4.57 Å². The summed E-state index contributed by atoms with van der Waals surface area (Å²) in [6.07, 6.45) is 4.44. The number of para-hydroxylation sites is 1. The number of ether oxygens (including phenoxy) is 2. The summed E-state index contributed by atoms with van der Waals surface area (Å²) in [4.78, 5) is 2.27. The Morgan fingerprint density at radius 2 is 1.59 bits per heavy atom. The van der Waals surface area contributed by atoms with Crippen molar-refractivity contribution in [2.24, 2.45) is 7.05 Å². The zero-order valence-electron chi connectivity index (χ0n) is 22.1. The Labute approximate surface area is 238 Å². The van der Waals surface area contributed by atoms with Gasteiger partial charge in [0.25, 0.3) is 5.01 Å². The minimum atomic E-state index is 0.770. The highest BCUT2D eigenvalue weighted by Gasteiger charge is 2.24. The van der Waals surface area contributed by atoms with E-state index in [9.17, 15) is 0 Å². The third-order valence-corrected chi connectivity index (χ3v) is 8.63. The number of rotatable bonds is 6. The maximum Gasteiger partial charge on any atom is 0.263 e. The topological polar surface area (TPSA) is 25.6 Å². The van der Waals surface area contributed by atoms with Crippen LogP contribution in [-0.4, -0.2) is 14.2 Å². The van der Waals surface area contributed by atoms with E-state index in [0.29, 0.717) is 0 Å². The SMILES string of the molecule is COc1cccc(OC)c1-c1ccc2c(c1)sc(C=C1C=C(S)N(Cc3ccccc3)c3ccccc31)[n+]2C. The number of hydrogen-bond acceptors (Lipinski definition) is 5. The molecule has 5 aromatic rings. The van der Waals surface area contributed by atoms with Gasteiger partial charge in [0.2, 0.25) is 5.52 Å². The van der Waals surface area contributed by atoms with Crippen LogP contribution in [0.3, 0.4) is 0 Å². The van der Waals surface area contributed by atoms with Gasteiger partial charge in [-0.1, -0.05) is 65.9 Å². The van der Waals surface area contributed by atoms with Gasteiger partial charge in [0.1, 0.15) is 23.2 Å². The van der Waals surface area contributed by atoms with E-state index in [1.807, 2.05) is 24.3 Å². The van der Waals surface area contributed by atoms with Crippen LogP contribution in [0.1, 0.15) is 16.1 Å². The summed E-state index contributed by atoms with van der Waals surface area (Å²) in [5, 5.41) is 2.09. The predicted octanol–water partition coefficient (Wildman–Crippen LogP) is 7.74. The Morgan fingerprint density at radius 1 is 0.872 bits per heavy atom. The van der Waals surface area contributed by atoms with Gasteiger partial charge in [-0.15, -0.1) is 12.6 Å². The van der Waals surface area contributed by atoms with Gasteiger partial charge in [0, 0.05) is 29.9 Å². The number of nitrogens with zero attached hydrogens (tertiary/aromatic N) is 2. The fourth-order valence-electron chi connectivity index (χ4n) is 5.15. The Balaban J connectivity index is 1.42. The summed E-state index contributed by atoms with van der Waals surface area (Å²) in [5.74, 6) is 1.59. The molecule has 39 heavy (non-hydrogen) atoms. The number of aromatic nitrogens is 1. The summed E-state index contributed by atoms with van der Waals surface area (Å²) in [7, 11) is 5.51. The molecular formula is C33H29N2O2S2+. The molecule has 0 N–H and O–H groups in total. The number of methoxy groups -OCH3 is 2. The standard InChI is InChI=1S/C33H28N2O2S2/c1-34-27-17-16-23(33-28(36-2)14-9-15-29(33)37-3)18-30(27)39-32(34)20-24-19-31(38)35(21-22-10-5-4-6-11-22)26-13-8-7-12-25(24)26/h4-20H,21H2,1-3H3/p+1. The molecule has 1 aliphatic rings. The highest BCUT2D eigenvalue weighted by molar-refractivity contribution is 7.84. The molecule has 0 amide bonds. The van der Waals surface area contributed by atoms with E-state index in [1.54, 1.807) is 25.6 Å². The first kappa shape index (κ1) is 25.3. The molecule has 2 heterocycles. The van der Waals surface area contributed by atoms with Gasteiger partial charge in [-0.3, -0.25) is 0 Å². The third-order valence-electron chi connectivity index (χ3n) is 7.11. The molecular weight excluding hydrogens is 521 g/mol. The zero-order chi connectivity index (χ0) is 26.9. The van der Waals surface area contributed by atoms with Crippen molar-refractivity contribution < 1.29 is 14.0 Å². The lowest BCUT2D eigenvalue weighted by molar-refractivity contribution is -0.642. The van der Waals surface area contributed by atoms with Gasteiger partial charge >= 0.3 is 0 Å². The fourth-order valence-corrected chi connectivity index (χ4v) is 6.61. The second-order valence-electron chi connectivity index (χ2n) is 9.41. The van der Waals surface area contributed by atoms with Crippen LogP contribution in [0.2, 0.25) is 0 Å². The Kier molecular flexibility index (Phi) is 6.90. The van der Waals surface area contributed by atoms with Crippen LogP contribution < -0.4 is 18.9 Å². The van der Waals surface area contributed by atoms with E-state index in [-0.39, 0.29) is 0 Å². The maximum atomic E-state index is 5.66. The van der Waals surface area contributed by atoms with Gasteiger partial charge in [-0.05, 0) is 53.1 Å². The molecule has 0 atom stereocenters. The Hall–Kier alpha value is -4.00. The van der Waals surface area contributed by atoms with Crippen molar-refractivity contribution in [3.8, 4) is 22.6 Å². The van der Waals surface area contributed by atoms with Crippen molar-refractivity contribution in [2.45, 2.75) is 6.54 Å². The van der Waals surface area contributed by atoms with Crippen LogP contribution in [0.15, 0.2) is 102 Å². The van der Waals surface area contributed by atoms with Crippen LogP contribution in [0, 0.1) is 0 Å². The number of thiol groups is 1. The lowest BCUT2D eigenvalue weighted by Crippen LogP contribution is -2.29. The summed E-state index contributed by atoms with van der Waals surface area (Å²) in [6.45, 7) is 0.770. The van der Waals surface area contributed by atoms with Crippen LogP contribution in [0.4, 0.5) is 5.69 Å². The maximum absolute atomic E-state index is 5.66. The highest BCUT2D eigenvalue weighted by Crippen LogP contribution is 2.41. The summed E-state index contributed by atoms with van der Waals surface area (Å²) < 4.78 is 14.8. The van der Waals surface area contributed by atoms with E-state index in [0.717, 1.165) is 50.5 Å². The van der Waals surface area contributed by atoms with Crippen molar-refractivity contribution in [3.63, 3.8) is 0 Å². The number of aryl methyl sites for hydroxylation is 1. The van der Waals surface area contributed by atoms with E-state index in [1.165, 1.54) is 21.3 Å². The van der Waals surface area contributed by atoms with Gasteiger partial charge < -0.3 is 14.4 Å². The lowest BCUT2D eigenvalue weighted by Gasteiger charge is -2.31. The van der Waals surface area contributed by atoms with Crippen LogP contribution in [0.5, 0.6) is 11.5 Å². The minimum Gasteiger partial charge on any atom is -0.496 e. The zero-order valence-corrected chi connectivity index (χ0v) is 23.8. The Morgan fingerprint density at radius 3 is 2.33 bits per heavy atom. The second-order valence-corrected chi connectivity index (χ2v) is 10.9. The molecule has 0 saturated carbocycles. The molecule has 4 nitrogen and oxygen atoms in total. The minimum absolute atomic E-state index is 0.770. The molecule has 0 aliphatic carbocycles. The molecule has 1 aliphatic heterocycles. The van der Waals surface area contributed by atoms with Crippen molar-refractivity contribution in [2.75, 3.05) is 19.1 Å². The van der Waals surface area contributed by atoms with Crippen molar-refractivity contribution in [3.05, 3.63) is 118 Å². The molecule has 194 valence electrons. The molecule has 4 aromatic carbocycles. The third kappa shape index (κ3) is 4.71. The van der Waals surface area contributed by atoms with Crippen molar-refractivity contribution in [1.29, 1.82) is 0 Å². The number of hydrogen-bond donors (Lipinski definition) is 1. The van der Waals surface area contributed by atoms with Crippen LogP contribution >= 0.6 is 24.0 Å². The van der Waals surface area contributed by atoms with Gasteiger partial charge in [0.05, 0.1) is 24.8 Å². The van der Waals surface area contributed by atoms with Crippen LogP contribution in [-0.2, 0) is 13.6 Å². The number of anilines is 1. The molecule has 6 heteroatoms. The quantitative estimate of drug-likeness (QED) is 0.173. The number of benzene rings is 4. The molecule has 0 fully saturated rings. The first-order valence-corrected chi connectivity index (χ1v) is 14.0. The first-order chi connectivity index (χ1) is 19.1. The monoisotopic (exact) mass is 549 g/mol. The van der Waals surface area contributed by atoms with E-state index in [4.69, 9.17) is 22.1 Å². The van der Waals surface area contributed by atoms with Gasteiger partial charge in [0.15, 0.2) is 0 Å². The van der Waals surface area contributed by atoms with Crippen LogP contribution in [0.25, 0.3) is 33.0 Å². The fraction of sp³-hybridized carbons (Fsp3) is 0.121. The summed E-state index contributed by atoms with van der Waals surface area (Å²) in [5.41, 5.74) is 7.95. The summed E-state index contributed by atoms with van der Waals surface area (Å²) >= 11 is 6.69. The molecule has 0 unspecified atom stereocenters. The number of allylic oxidation sites excluding steroid dienone is 2.